The third kappa shape index (κ3) is 11.5. The molecule has 1 aliphatic heterocycles. The minimum absolute atomic E-state index is 0.00485. The number of hydrazone groups is 1. The third-order valence-corrected chi connectivity index (χ3v) is 10.3. The smallest absolute Gasteiger partial charge is 0.340 e. The normalized spacial score (nSPS) is 14.2. The molecule has 3 aromatic carbocycles. The van der Waals surface area contributed by atoms with E-state index in [1.165, 1.54) is 24.3 Å². The highest BCUT2D eigenvalue weighted by Crippen LogP contribution is 2.28. The second kappa shape index (κ2) is 18.7. The molecule has 2 amide bonds. The Morgan fingerprint density at radius 2 is 1.75 bits per heavy atom. The Bertz CT molecular complexity index is 2370. The summed E-state index contributed by atoms with van der Waals surface area (Å²) in [7, 11) is -4.64. The van der Waals surface area contributed by atoms with Crippen molar-refractivity contribution in [2.75, 3.05) is 45.0 Å². The van der Waals surface area contributed by atoms with Crippen molar-refractivity contribution in [3.8, 4) is 5.75 Å². The number of piperazine rings is 1. The number of phenolic OH excluding ortho intramolecular Hbond substituents is 1. The molecule has 10 N–H and O–H groups in total. The largest absolute Gasteiger partial charge is 0.507 e. The molecule has 0 bridgehead atoms. The van der Waals surface area contributed by atoms with Crippen LogP contribution in [0.15, 0.2) is 98.4 Å². The summed E-state index contributed by atoms with van der Waals surface area (Å²) in [6.07, 6.45) is 4.78. The van der Waals surface area contributed by atoms with Crippen LogP contribution < -0.4 is 33.7 Å². The van der Waals surface area contributed by atoms with Gasteiger partial charge in [0.25, 0.3) is 16.0 Å². The van der Waals surface area contributed by atoms with Crippen molar-refractivity contribution >= 4 is 44.8 Å². The molecule has 17 nitrogen and oxygen atoms in total. The zero-order valence-corrected chi connectivity index (χ0v) is 32.3. The van der Waals surface area contributed by atoms with Crippen LogP contribution in [0.1, 0.15) is 33.4 Å². The second-order valence-corrected chi connectivity index (χ2v) is 15.1. The highest BCUT2D eigenvalue weighted by Gasteiger charge is 2.21. The second-order valence-electron chi connectivity index (χ2n) is 13.7. The summed E-state index contributed by atoms with van der Waals surface area (Å²) >= 11 is 0. The summed E-state index contributed by atoms with van der Waals surface area (Å²) in [4.78, 5) is 41.8. The summed E-state index contributed by atoms with van der Waals surface area (Å²) in [6.45, 7) is 9.38. The number of nitrogen functional groups attached to an aromatic ring is 1. The number of carbonyl (C=O) groups excluding carboxylic acids is 2. The van der Waals surface area contributed by atoms with Crippen molar-refractivity contribution in [1.82, 2.24) is 25.6 Å². The fourth-order valence-corrected chi connectivity index (χ4v) is 7.06. The summed E-state index contributed by atoms with van der Waals surface area (Å²) in [5.74, 6) is 5.55. The average Bonchev–Trinajstić information content (AvgIpc) is 3.14. The fraction of sp³-hybridized carbons (Fsp3) is 0.282. The lowest BCUT2D eigenvalue weighted by Crippen LogP contribution is -2.48. The number of anilines is 1. The number of carbonyl (C=O) groups is 2. The molecule has 0 spiro atoms. The van der Waals surface area contributed by atoms with Gasteiger partial charge >= 0.3 is 5.63 Å². The van der Waals surface area contributed by atoms with E-state index >= 15 is 0 Å². The van der Waals surface area contributed by atoms with E-state index in [4.69, 9.17) is 21.7 Å². The Morgan fingerprint density at radius 3 is 2.47 bits per heavy atom. The number of benzene rings is 3. The maximum absolute atomic E-state index is 12.8. The highest BCUT2D eigenvalue weighted by molar-refractivity contribution is 7.86. The van der Waals surface area contributed by atoms with E-state index in [0.717, 1.165) is 41.9 Å². The van der Waals surface area contributed by atoms with Gasteiger partial charge in [-0.05, 0) is 47.7 Å². The SMILES string of the molecule is C=CCc1cccc(/C=N/NC(=O)CN2CCN(Cc3cccc(CN(N)/C=C(\N)CNC(=O)Cc4c(C)c5cc(S(=O)(=O)O)c(N)cc5oc4=O)c3)CC2)c1O. The van der Waals surface area contributed by atoms with E-state index in [-0.39, 0.29) is 59.1 Å². The Morgan fingerprint density at radius 1 is 1.05 bits per heavy atom. The number of hydrogen-bond acceptors (Lipinski definition) is 14. The molecule has 18 heteroatoms. The van der Waals surface area contributed by atoms with Gasteiger partial charge in [0.05, 0.1) is 43.5 Å². The number of amides is 2. The molecule has 4 aromatic rings. The van der Waals surface area contributed by atoms with E-state index in [1.54, 1.807) is 18.2 Å². The Kier molecular flexibility index (Phi) is 13.8. The Hall–Kier alpha value is -6.05. The molecule has 0 aliphatic carbocycles. The number of aromatic hydroxyl groups is 1. The zero-order valence-electron chi connectivity index (χ0n) is 31.5. The average molecular weight is 802 g/mol. The van der Waals surface area contributed by atoms with E-state index in [9.17, 15) is 32.5 Å². The molecule has 0 saturated carbocycles. The standard InChI is InChI=1S/C39H47N9O8S/c1-3-6-28-9-5-10-29(38(28)51)19-44-45-37(50)24-47-13-11-46(12-14-47)21-26-7-4-8-27(15-26)22-48(42)23-30(40)20-43-36(49)17-32-25(2)31-16-35(57(53,54)55)33(41)18-34(31)56-39(32)52/h3-5,7-10,15-16,18-19,23,51H,1,6,11-14,17,20-22,24,40-42H2,2H3,(H,43,49)(H,45,50)(H,53,54,55)/b30-23-,44-19+. The van der Waals surface area contributed by atoms with Gasteiger partial charge in [0, 0.05) is 61.6 Å². The van der Waals surface area contributed by atoms with Gasteiger partial charge in [0.1, 0.15) is 16.2 Å². The number of hydrazine groups is 1. The molecule has 1 saturated heterocycles. The van der Waals surface area contributed by atoms with Gasteiger partial charge in [-0.2, -0.15) is 13.5 Å². The van der Waals surface area contributed by atoms with E-state index in [1.807, 2.05) is 24.3 Å². The van der Waals surface area contributed by atoms with Crippen LogP contribution in [0.2, 0.25) is 0 Å². The monoisotopic (exact) mass is 801 g/mol. The maximum atomic E-state index is 12.8. The van der Waals surface area contributed by atoms with Crippen LogP contribution >= 0.6 is 0 Å². The van der Waals surface area contributed by atoms with Crippen molar-refractivity contribution in [3.05, 3.63) is 123 Å². The molecule has 57 heavy (non-hydrogen) atoms. The number of para-hydroxylation sites is 1. The summed E-state index contributed by atoms with van der Waals surface area (Å²) < 4.78 is 38.2. The lowest BCUT2D eigenvalue weighted by molar-refractivity contribution is -0.122. The first-order chi connectivity index (χ1) is 27.1. The number of nitrogens with one attached hydrogen (secondary N) is 2. The summed E-state index contributed by atoms with van der Waals surface area (Å²) in [5, 5.41) is 18.6. The molecule has 5 rings (SSSR count). The molecule has 1 aliphatic rings. The lowest BCUT2D eigenvalue weighted by atomic mass is 10.0. The zero-order chi connectivity index (χ0) is 41.3. The minimum Gasteiger partial charge on any atom is -0.507 e. The number of nitrogens with zero attached hydrogens (tertiary/aromatic N) is 4. The van der Waals surface area contributed by atoms with Gasteiger partial charge in [0.15, 0.2) is 0 Å². The first-order valence-electron chi connectivity index (χ1n) is 17.9. The van der Waals surface area contributed by atoms with Crippen LogP contribution in [0.25, 0.3) is 11.0 Å². The molecule has 1 aromatic heterocycles. The van der Waals surface area contributed by atoms with Gasteiger partial charge in [-0.15, -0.1) is 6.58 Å². The molecule has 0 unspecified atom stereocenters. The number of allylic oxidation sites excluding steroid dienone is 1. The van der Waals surface area contributed by atoms with Gasteiger partial charge in [-0.1, -0.05) is 42.5 Å². The third-order valence-electron chi connectivity index (χ3n) is 9.36. The van der Waals surface area contributed by atoms with Crippen molar-refractivity contribution < 1.29 is 32.1 Å². The minimum atomic E-state index is -4.64. The Balaban J connectivity index is 1.06. The summed E-state index contributed by atoms with van der Waals surface area (Å²) in [6, 6.07) is 15.5. The van der Waals surface area contributed by atoms with Gasteiger partial charge < -0.3 is 31.3 Å². The molecule has 0 atom stereocenters. The molecular weight excluding hydrogens is 755 g/mol. The fourth-order valence-electron chi connectivity index (χ4n) is 6.44. The van der Waals surface area contributed by atoms with Crippen LogP contribution in [-0.2, 0) is 45.6 Å². The van der Waals surface area contributed by atoms with Crippen LogP contribution in [-0.4, -0.2) is 90.2 Å². The number of fused-ring (bicyclic) bond motifs is 1. The first kappa shape index (κ1) is 42.1. The van der Waals surface area contributed by atoms with Gasteiger partial charge in [0.2, 0.25) is 5.91 Å². The molecule has 2 heterocycles. The van der Waals surface area contributed by atoms with Crippen LogP contribution in [0.5, 0.6) is 5.75 Å². The van der Waals surface area contributed by atoms with Crippen LogP contribution in [0.4, 0.5) is 5.69 Å². The molecule has 0 radical (unpaired) electrons. The first-order valence-corrected chi connectivity index (χ1v) is 19.4. The number of hydrogen-bond donors (Lipinski definition) is 7. The number of rotatable bonds is 16. The lowest BCUT2D eigenvalue weighted by Gasteiger charge is -2.34. The Labute approximate surface area is 329 Å². The molecular formula is C39H47N9O8S. The summed E-state index contributed by atoms with van der Waals surface area (Å²) in [5.41, 5.74) is 17.2. The van der Waals surface area contributed by atoms with Gasteiger partial charge in [-0.25, -0.2) is 16.1 Å². The maximum Gasteiger partial charge on any atom is 0.340 e. The number of nitrogens with two attached hydrogens (primary N) is 3. The van der Waals surface area contributed by atoms with Crippen molar-refractivity contribution in [3.63, 3.8) is 0 Å². The predicted octanol–water partition coefficient (Wildman–Crippen LogP) is 1.47. The topological polar surface area (TPSA) is 263 Å². The highest BCUT2D eigenvalue weighted by atomic mass is 32.2. The van der Waals surface area contributed by atoms with Crippen molar-refractivity contribution in [2.24, 2.45) is 16.7 Å². The van der Waals surface area contributed by atoms with E-state index in [0.29, 0.717) is 43.7 Å². The van der Waals surface area contributed by atoms with E-state index < -0.39 is 26.5 Å². The van der Waals surface area contributed by atoms with Crippen molar-refractivity contribution in [1.29, 1.82) is 0 Å². The molecule has 1 fully saturated rings. The van der Waals surface area contributed by atoms with Gasteiger partial charge in [-0.3, -0.25) is 23.9 Å². The number of aryl methyl sites for hydroxylation is 1. The van der Waals surface area contributed by atoms with E-state index in [2.05, 4.69) is 38.3 Å². The van der Waals surface area contributed by atoms with Crippen molar-refractivity contribution in [2.45, 2.75) is 37.8 Å². The number of phenols is 1. The quantitative estimate of drug-likeness (QED) is 0.0161. The van der Waals surface area contributed by atoms with Crippen LogP contribution in [0, 0.1) is 6.92 Å². The predicted molar refractivity (Wildman–Crippen MR) is 216 cm³/mol. The van der Waals surface area contributed by atoms with Crippen LogP contribution in [0.3, 0.4) is 0 Å². The molecule has 302 valence electrons.